The summed E-state index contributed by atoms with van der Waals surface area (Å²) in [5, 5.41) is 2.97. The van der Waals surface area contributed by atoms with Crippen molar-refractivity contribution in [3.8, 4) is 5.75 Å². The third kappa shape index (κ3) is 8.51. The van der Waals surface area contributed by atoms with E-state index in [1.54, 1.807) is 48.5 Å². The Labute approximate surface area is 270 Å². The maximum Gasteiger partial charge on any atom is 0.264 e. The second kappa shape index (κ2) is 15.5. The molecule has 46 heavy (non-hydrogen) atoms. The molecule has 0 saturated carbocycles. The van der Waals surface area contributed by atoms with Crippen molar-refractivity contribution in [1.29, 1.82) is 0 Å². The summed E-state index contributed by atoms with van der Waals surface area (Å²) < 4.78 is 49.8. The zero-order valence-corrected chi connectivity index (χ0v) is 27.3. The minimum Gasteiger partial charge on any atom is -0.497 e. The van der Waals surface area contributed by atoms with Gasteiger partial charge in [-0.15, -0.1) is 0 Å². The summed E-state index contributed by atoms with van der Waals surface area (Å²) in [5.41, 5.74) is 2.05. The fourth-order valence-corrected chi connectivity index (χ4v) is 6.34. The van der Waals surface area contributed by atoms with Crippen LogP contribution in [-0.2, 0) is 32.6 Å². The molecule has 0 unspecified atom stereocenters. The number of halogens is 1. The minimum absolute atomic E-state index is 0.00952. The molecule has 0 aliphatic carbocycles. The molecule has 0 radical (unpaired) electrons. The number of amides is 2. The number of carbonyl (C=O) groups excluding carboxylic acids is 2. The summed E-state index contributed by atoms with van der Waals surface area (Å²) in [6, 6.07) is 26.7. The van der Waals surface area contributed by atoms with Crippen LogP contribution >= 0.6 is 0 Å². The largest absolute Gasteiger partial charge is 0.497 e. The molecule has 0 aliphatic rings. The van der Waals surface area contributed by atoms with Crippen LogP contribution in [0.4, 0.5) is 10.1 Å². The lowest BCUT2D eigenvalue weighted by Gasteiger charge is -2.34. The van der Waals surface area contributed by atoms with Crippen LogP contribution in [0.5, 0.6) is 5.75 Å². The first-order valence-corrected chi connectivity index (χ1v) is 16.6. The second-order valence-corrected chi connectivity index (χ2v) is 13.0. The van der Waals surface area contributed by atoms with Gasteiger partial charge in [-0.3, -0.25) is 13.9 Å². The number of carbonyl (C=O) groups is 2. The lowest BCUT2D eigenvalue weighted by atomic mass is 10.0. The van der Waals surface area contributed by atoms with Crippen molar-refractivity contribution in [3.63, 3.8) is 0 Å². The number of benzene rings is 4. The molecule has 0 saturated heterocycles. The quantitative estimate of drug-likeness (QED) is 0.185. The van der Waals surface area contributed by atoms with Crippen molar-refractivity contribution in [1.82, 2.24) is 10.2 Å². The highest BCUT2D eigenvalue weighted by atomic mass is 32.2. The van der Waals surface area contributed by atoms with E-state index in [0.717, 1.165) is 15.4 Å². The number of hydrogen-bond donors (Lipinski definition) is 1. The lowest BCUT2D eigenvalue weighted by molar-refractivity contribution is -0.140. The normalized spacial score (nSPS) is 12.5. The van der Waals surface area contributed by atoms with E-state index in [9.17, 15) is 18.0 Å². The van der Waals surface area contributed by atoms with Crippen molar-refractivity contribution in [2.24, 2.45) is 0 Å². The average molecular weight is 646 g/mol. The Morgan fingerprint density at radius 1 is 0.913 bits per heavy atom. The molecule has 0 aliphatic heterocycles. The predicted octanol–water partition coefficient (Wildman–Crippen LogP) is 5.89. The van der Waals surface area contributed by atoms with E-state index >= 15 is 4.39 Å². The van der Waals surface area contributed by atoms with Gasteiger partial charge in [0, 0.05) is 30.6 Å². The summed E-state index contributed by atoms with van der Waals surface area (Å²) in [7, 11) is -2.82. The summed E-state index contributed by atoms with van der Waals surface area (Å²) in [6.07, 6.45) is 0.788. The molecule has 10 heteroatoms. The first-order chi connectivity index (χ1) is 22.0. The van der Waals surface area contributed by atoms with Gasteiger partial charge in [-0.1, -0.05) is 79.2 Å². The Kier molecular flexibility index (Phi) is 11.5. The van der Waals surface area contributed by atoms with Gasteiger partial charge >= 0.3 is 0 Å². The Morgan fingerprint density at radius 2 is 1.59 bits per heavy atom. The van der Waals surface area contributed by atoms with Gasteiger partial charge in [0.1, 0.15) is 24.2 Å². The van der Waals surface area contributed by atoms with Crippen molar-refractivity contribution in [3.05, 3.63) is 126 Å². The predicted molar refractivity (Wildman–Crippen MR) is 177 cm³/mol. The van der Waals surface area contributed by atoms with Crippen LogP contribution < -0.4 is 14.4 Å². The van der Waals surface area contributed by atoms with Gasteiger partial charge < -0.3 is 15.0 Å². The van der Waals surface area contributed by atoms with Crippen LogP contribution in [-0.4, -0.2) is 50.9 Å². The lowest BCUT2D eigenvalue weighted by Crippen LogP contribution is -2.54. The van der Waals surface area contributed by atoms with Gasteiger partial charge in [0.15, 0.2) is 0 Å². The SMILES string of the molecule is CC[C@H](C)NC(=O)[C@H](Cc1ccccc1)N(Cc1ccccc1F)C(=O)CN(c1cccc(OC)c1)S(=O)(=O)c1ccc(C)cc1. The molecule has 0 spiro atoms. The molecule has 0 aromatic heterocycles. The van der Waals surface area contributed by atoms with Crippen molar-refractivity contribution < 1.29 is 27.1 Å². The molecular weight excluding hydrogens is 605 g/mol. The van der Waals surface area contributed by atoms with Gasteiger partial charge in [-0.25, -0.2) is 12.8 Å². The summed E-state index contributed by atoms with van der Waals surface area (Å²) in [5.74, 6) is -1.25. The van der Waals surface area contributed by atoms with Crippen LogP contribution in [0.1, 0.15) is 37.0 Å². The smallest absolute Gasteiger partial charge is 0.264 e. The van der Waals surface area contributed by atoms with Crippen LogP contribution in [0.15, 0.2) is 108 Å². The van der Waals surface area contributed by atoms with Crippen molar-refractivity contribution in [2.75, 3.05) is 18.0 Å². The molecule has 2 atom stereocenters. The van der Waals surface area contributed by atoms with E-state index in [-0.39, 0.29) is 35.2 Å². The number of methoxy groups -OCH3 is 1. The third-order valence-electron chi connectivity index (χ3n) is 7.80. The number of aryl methyl sites for hydroxylation is 1. The van der Waals surface area contributed by atoms with Gasteiger partial charge in [-0.2, -0.15) is 0 Å². The Balaban J connectivity index is 1.83. The van der Waals surface area contributed by atoms with E-state index in [1.165, 1.54) is 36.3 Å². The van der Waals surface area contributed by atoms with Gasteiger partial charge in [0.05, 0.1) is 17.7 Å². The number of ether oxygens (including phenoxy) is 1. The molecule has 2 amide bonds. The Hall–Kier alpha value is -4.70. The molecule has 4 rings (SSSR count). The van der Waals surface area contributed by atoms with Crippen molar-refractivity contribution >= 4 is 27.5 Å². The first kappa shape index (κ1) is 34.2. The molecule has 0 fully saturated rings. The van der Waals surface area contributed by atoms with Crippen LogP contribution in [0.2, 0.25) is 0 Å². The van der Waals surface area contributed by atoms with Crippen LogP contribution in [0, 0.1) is 12.7 Å². The standard InChI is InChI=1S/C36H40FN3O5S/c1-5-27(3)38-36(42)34(22-28-12-7-6-8-13-28)39(24-29-14-9-10-17-33(29)37)35(41)25-40(30-15-11-16-31(23-30)45-4)46(43,44)32-20-18-26(2)19-21-32/h6-21,23,27,34H,5,22,24-25H2,1-4H3,(H,38,42)/t27-,34-/m0/s1. The van der Waals surface area contributed by atoms with Gasteiger partial charge in [0.2, 0.25) is 11.8 Å². The Bertz CT molecular complexity index is 1730. The molecule has 4 aromatic carbocycles. The zero-order chi connectivity index (χ0) is 33.3. The molecule has 0 bridgehead atoms. The summed E-state index contributed by atoms with van der Waals surface area (Å²) in [6.45, 7) is 4.73. The van der Waals surface area contributed by atoms with Gasteiger partial charge in [-0.05, 0) is 56.2 Å². The number of sulfonamides is 1. The third-order valence-corrected chi connectivity index (χ3v) is 9.59. The summed E-state index contributed by atoms with van der Waals surface area (Å²) >= 11 is 0. The van der Waals surface area contributed by atoms with E-state index in [0.29, 0.717) is 12.2 Å². The molecule has 4 aromatic rings. The van der Waals surface area contributed by atoms with E-state index in [4.69, 9.17) is 4.74 Å². The number of nitrogens with one attached hydrogen (secondary N) is 1. The van der Waals surface area contributed by atoms with E-state index in [2.05, 4.69) is 5.32 Å². The molecule has 242 valence electrons. The number of hydrogen-bond acceptors (Lipinski definition) is 5. The number of rotatable bonds is 14. The molecule has 1 N–H and O–H groups in total. The topological polar surface area (TPSA) is 96.0 Å². The molecule has 0 heterocycles. The fourth-order valence-electron chi connectivity index (χ4n) is 4.94. The van der Waals surface area contributed by atoms with Crippen LogP contribution in [0.3, 0.4) is 0 Å². The van der Waals surface area contributed by atoms with E-state index in [1.807, 2.05) is 51.1 Å². The number of nitrogens with zero attached hydrogens (tertiary/aromatic N) is 2. The first-order valence-electron chi connectivity index (χ1n) is 15.1. The van der Waals surface area contributed by atoms with E-state index < -0.39 is 40.2 Å². The maximum atomic E-state index is 15.1. The highest BCUT2D eigenvalue weighted by Crippen LogP contribution is 2.28. The molecular formula is C36H40FN3O5S. The maximum absolute atomic E-state index is 15.1. The van der Waals surface area contributed by atoms with Crippen LogP contribution in [0.25, 0.3) is 0 Å². The number of anilines is 1. The average Bonchev–Trinajstić information content (AvgIpc) is 3.06. The molecule has 8 nitrogen and oxygen atoms in total. The van der Waals surface area contributed by atoms with Crippen molar-refractivity contribution in [2.45, 2.75) is 57.1 Å². The second-order valence-electron chi connectivity index (χ2n) is 11.2. The highest BCUT2D eigenvalue weighted by molar-refractivity contribution is 7.92. The Morgan fingerprint density at radius 3 is 2.24 bits per heavy atom. The summed E-state index contributed by atoms with van der Waals surface area (Å²) in [4.78, 5) is 29.7. The fraction of sp³-hybridized carbons (Fsp3) is 0.278. The zero-order valence-electron chi connectivity index (χ0n) is 26.5. The monoisotopic (exact) mass is 645 g/mol. The minimum atomic E-state index is -4.28. The highest BCUT2D eigenvalue weighted by Gasteiger charge is 2.35. The van der Waals surface area contributed by atoms with Gasteiger partial charge in [0.25, 0.3) is 10.0 Å².